The molecule has 2 aliphatic heterocycles. The van der Waals surface area contributed by atoms with Crippen LogP contribution in [0.1, 0.15) is 32.1 Å². The third-order valence-electron chi connectivity index (χ3n) is 3.59. The van der Waals surface area contributed by atoms with Crippen LogP contribution >= 0.6 is 15.9 Å². The van der Waals surface area contributed by atoms with Crippen LogP contribution in [0.15, 0.2) is 0 Å². The molecule has 2 bridgehead atoms. The summed E-state index contributed by atoms with van der Waals surface area (Å²) in [5, 5.41) is 0. The SMILES string of the molecule is COCCCN1C2CCC1CC(Br)C2. The lowest BCUT2D eigenvalue weighted by molar-refractivity contribution is 0.120. The van der Waals surface area contributed by atoms with Crippen molar-refractivity contribution in [2.24, 2.45) is 0 Å². The predicted octanol–water partition coefficient (Wildman–Crippen LogP) is 2.41. The molecule has 2 saturated heterocycles. The number of fused-ring (bicyclic) bond motifs is 2. The molecule has 0 saturated carbocycles. The number of halogens is 1. The molecule has 0 aromatic carbocycles. The van der Waals surface area contributed by atoms with Crippen molar-refractivity contribution in [2.45, 2.75) is 49.0 Å². The third kappa shape index (κ3) is 2.31. The van der Waals surface area contributed by atoms with Crippen molar-refractivity contribution in [1.29, 1.82) is 0 Å². The van der Waals surface area contributed by atoms with Crippen LogP contribution in [0.5, 0.6) is 0 Å². The minimum absolute atomic E-state index is 0.777. The fraction of sp³-hybridized carbons (Fsp3) is 1.00. The lowest BCUT2D eigenvalue weighted by Gasteiger charge is -2.37. The molecule has 2 aliphatic rings. The summed E-state index contributed by atoms with van der Waals surface area (Å²) in [6.07, 6.45) is 6.73. The lowest BCUT2D eigenvalue weighted by atomic mass is 10.0. The fourth-order valence-electron chi connectivity index (χ4n) is 2.96. The molecule has 0 amide bonds. The second-order valence-corrected chi connectivity index (χ2v) is 5.83. The largest absolute Gasteiger partial charge is 0.385 e. The van der Waals surface area contributed by atoms with Crippen molar-refractivity contribution in [1.82, 2.24) is 4.90 Å². The van der Waals surface area contributed by atoms with Gasteiger partial charge in [0.2, 0.25) is 0 Å². The number of ether oxygens (including phenoxy) is 1. The summed E-state index contributed by atoms with van der Waals surface area (Å²) in [6.45, 7) is 2.15. The van der Waals surface area contributed by atoms with Crippen LogP contribution in [0.25, 0.3) is 0 Å². The highest BCUT2D eigenvalue weighted by atomic mass is 79.9. The summed E-state index contributed by atoms with van der Waals surface area (Å²) < 4.78 is 5.11. The molecule has 2 heterocycles. The molecule has 2 fully saturated rings. The van der Waals surface area contributed by atoms with Crippen LogP contribution in [-0.2, 0) is 4.74 Å². The summed E-state index contributed by atoms with van der Waals surface area (Å²) in [7, 11) is 1.79. The third-order valence-corrected chi connectivity index (χ3v) is 4.34. The minimum Gasteiger partial charge on any atom is -0.385 e. The zero-order valence-electron chi connectivity index (χ0n) is 8.92. The van der Waals surface area contributed by atoms with E-state index in [0.717, 1.165) is 23.5 Å². The van der Waals surface area contributed by atoms with Gasteiger partial charge in [-0.15, -0.1) is 0 Å². The molecule has 0 aliphatic carbocycles. The molecule has 0 aromatic rings. The monoisotopic (exact) mass is 261 g/mol. The standard InChI is InChI=1S/C11H20BrNO/c1-14-6-2-5-13-10-3-4-11(13)8-9(12)7-10/h9-11H,2-8H2,1H3. The molecular weight excluding hydrogens is 242 g/mol. The molecule has 2 nitrogen and oxygen atoms in total. The van der Waals surface area contributed by atoms with E-state index in [9.17, 15) is 0 Å². The van der Waals surface area contributed by atoms with E-state index in [1.807, 2.05) is 0 Å². The van der Waals surface area contributed by atoms with Gasteiger partial charge in [0.1, 0.15) is 0 Å². The topological polar surface area (TPSA) is 12.5 Å². The van der Waals surface area contributed by atoms with Crippen LogP contribution < -0.4 is 0 Å². The van der Waals surface area contributed by atoms with Gasteiger partial charge in [-0.3, -0.25) is 4.90 Å². The highest BCUT2D eigenvalue weighted by Gasteiger charge is 2.39. The lowest BCUT2D eigenvalue weighted by Crippen LogP contribution is -2.43. The Morgan fingerprint density at radius 1 is 1.29 bits per heavy atom. The predicted molar refractivity (Wildman–Crippen MR) is 62.0 cm³/mol. The van der Waals surface area contributed by atoms with E-state index >= 15 is 0 Å². The summed E-state index contributed by atoms with van der Waals surface area (Å²) in [5.41, 5.74) is 0. The number of methoxy groups -OCH3 is 1. The molecule has 0 radical (unpaired) electrons. The normalized spacial score (nSPS) is 37.7. The van der Waals surface area contributed by atoms with Crippen molar-refractivity contribution >= 4 is 15.9 Å². The fourth-order valence-corrected chi connectivity index (χ4v) is 3.83. The van der Waals surface area contributed by atoms with Crippen LogP contribution in [-0.4, -0.2) is 42.1 Å². The first-order chi connectivity index (χ1) is 6.81. The maximum atomic E-state index is 5.11. The second-order valence-electron chi connectivity index (χ2n) is 4.54. The van der Waals surface area contributed by atoms with E-state index in [4.69, 9.17) is 4.74 Å². The number of rotatable bonds is 4. The molecule has 0 aromatic heterocycles. The highest BCUT2D eigenvalue weighted by molar-refractivity contribution is 9.09. The second kappa shape index (κ2) is 4.95. The highest BCUT2D eigenvalue weighted by Crippen LogP contribution is 2.38. The van der Waals surface area contributed by atoms with Gasteiger partial charge in [0.25, 0.3) is 0 Å². The average molecular weight is 262 g/mol. The van der Waals surface area contributed by atoms with Crippen molar-refractivity contribution in [3.8, 4) is 0 Å². The van der Waals surface area contributed by atoms with E-state index < -0.39 is 0 Å². The van der Waals surface area contributed by atoms with Crippen molar-refractivity contribution in [3.05, 3.63) is 0 Å². The van der Waals surface area contributed by atoms with Crippen LogP contribution in [0.3, 0.4) is 0 Å². The number of nitrogens with zero attached hydrogens (tertiary/aromatic N) is 1. The Bertz CT molecular complexity index is 174. The van der Waals surface area contributed by atoms with E-state index in [1.54, 1.807) is 7.11 Å². The van der Waals surface area contributed by atoms with E-state index in [2.05, 4.69) is 20.8 Å². The quantitative estimate of drug-likeness (QED) is 0.570. The molecule has 3 heteroatoms. The molecule has 82 valence electrons. The smallest absolute Gasteiger partial charge is 0.0474 e. The Balaban J connectivity index is 1.82. The Morgan fingerprint density at radius 2 is 1.93 bits per heavy atom. The molecule has 2 atom stereocenters. The molecule has 2 rings (SSSR count). The Hall–Kier alpha value is 0.400. The van der Waals surface area contributed by atoms with Crippen molar-refractivity contribution in [2.75, 3.05) is 20.3 Å². The Labute approximate surface area is 95.1 Å². The zero-order chi connectivity index (χ0) is 9.97. The number of hydrogen-bond acceptors (Lipinski definition) is 2. The van der Waals surface area contributed by atoms with Gasteiger partial charge >= 0.3 is 0 Å². The van der Waals surface area contributed by atoms with Gasteiger partial charge in [0.05, 0.1) is 0 Å². The Morgan fingerprint density at radius 3 is 2.50 bits per heavy atom. The van der Waals surface area contributed by atoms with Gasteiger partial charge in [-0.25, -0.2) is 0 Å². The van der Waals surface area contributed by atoms with E-state index in [1.165, 1.54) is 38.6 Å². The van der Waals surface area contributed by atoms with Crippen LogP contribution in [0, 0.1) is 0 Å². The molecule has 0 N–H and O–H groups in total. The number of alkyl halides is 1. The first kappa shape index (κ1) is 10.9. The van der Waals surface area contributed by atoms with Gasteiger partial charge in [0, 0.05) is 37.2 Å². The number of piperidine rings is 1. The maximum Gasteiger partial charge on any atom is 0.0474 e. The van der Waals surface area contributed by atoms with Gasteiger partial charge in [0.15, 0.2) is 0 Å². The minimum atomic E-state index is 0.777. The van der Waals surface area contributed by atoms with Crippen molar-refractivity contribution < 1.29 is 4.74 Å². The molecule has 14 heavy (non-hydrogen) atoms. The van der Waals surface area contributed by atoms with Gasteiger partial charge in [-0.1, -0.05) is 15.9 Å². The first-order valence-corrected chi connectivity index (χ1v) is 6.61. The molecule has 0 spiro atoms. The van der Waals surface area contributed by atoms with Gasteiger partial charge in [-0.05, 0) is 32.1 Å². The number of hydrogen-bond donors (Lipinski definition) is 0. The van der Waals surface area contributed by atoms with Crippen molar-refractivity contribution in [3.63, 3.8) is 0 Å². The van der Waals surface area contributed by atoms with Gasteiger partial charge in [-0.2, -0.15) is 0 Å². The molecule has 2 unspecified atom stereocenters. The van der Waals surface area contributed by atoms with E-state index in [-0.39, 0.29) is 0 Å². The Kier molecular flexibility index (Phi) is 3.86. The summed E-state index contributed by atoms with van der Waals surface area (Å²) in [4.78, 5) is 3.50. The first-order valence-electron chi connectivity index (χ1n) is 5.70. The summed E-state index contributed by atoms with van der Waals surface area (Å²) >= 11 is 3.77. The molecular formula is C11H20BrNO. The van der Waals surface area contributed by atoms with E-state index in [0.29, 0.717) is 0 Å². The summed E-state index contributed by atoms with van der Waals surface area (Å²) in [5.74, 6) is 0. The van der Waals surface area contributed by atoms with Gasteiger partial charge < -0.3 is 4.74 Å². The maximum absolute atomic E-state index is 5.11. The van der Waals surface area contributed by atoms with Crippen LogP contribution in [0.4, 0.5) is 0 Å². The average Bonchev–Trinajstić information content (AvgIpc) is 2.42. The van der Waals surface area contributed by atoms with Crippen LogP contribution in [0.2, 0.25) is 0 Å². The zero-order valence-corrected chi connectivity index (χ0v) is 10.5. The summed E-state index contributed by atoms with van der Waals surface area (Å²) in [6, 6.07) is 1.71.